The number of hydrogen-bond acceptors (Lipinski definition) is 10. The van der Waals surface area contributed by atoms with E-state index < -0.39 is 69.1 Å². The average Bonchev–Trinajstić information content (AvgIpc) is 3.31. The third-order valence-electron chi connectivity index (χ3n) is 4.83. The highest BCUT2D eigenvalue weighted by molar-refractivity contribution is 7.84. The number of thiophene rings is 1. The largest absolute Gasteiger partial charge is 0.446 e. The Morgan fingerprint density at radius 1 is 1.03 bits per heavy atom. The van der Waals surface area contributed by atoms with Gasteiger partial charge in [0.15, 0.2) is 0 Å². The summed E-state index contributed by atoms with van der Waals surface area (Å²) in [5.41, 5.74) is 5.20. The van der Waals surface area contributed by atoms with Crippen LogP contribution in [0.4, 0.5) is 4.79 Å². The number of nitrogens with one attached hydrogen (secondary N) is 3. The number of amides is 5. The molecule has 1 aromatic carbocycles. The number of primary amides is 1. The molecule has 3 unspecified atom stereocenters. The van der Waals surface area contributed by atoms with E-state index >= 15 is 0 Å². The first-order valence-corrected chi connectivity index (χ1v) is 13.6. The van der Waals surface area contributed by atoms with Crippen LogP contribution in [0.3, 0.4) is 0 Å². The molecule has 1 aliphatic rings. The highest BCUT2D eigenvalue weighted by Crippen LogP contribution is 2.24. The van der Waals surface area contributed by atoms with Gasteiger partial charge in [-0.1, -0.05) is 18.2 Å². The number of rotatable bonds is 10. The first-order valence-electron chi connectivity index (χ1n) is 9.91. The minimum Gasteiger partial charge on any atom is -0.362 e. The van der Waals surface area contributed by atoms with Crippen LogP contribution < -0.4 is 25.9 Å². The number of benzene rings is 1. The fourth-order valence-electron chi connectivity index (χ4n) is 3.19. The molecule has 2 heterocycles. The number of β-lactam (4-membered cyclic amide) rings is 1. The predicted molar refractivity (Wildman–Crippen MR) is 124 cm³/mol. The van der Waals surface area contributed by atoms with Gasteiger partial charge in [-0.15, -0.1) is 11.3 Å². The number of nitrogens with zero attached hydrogens (tertiary/aromatic N) is 1. The third-order valence-corrected chi connectivity index (χ3v) is 7.05. The fourth-order valence-corrected chi connectivity index (χ4v) is 5.01. The Kier molecular flexibility index (Phi) is 8.03. The molecule has 0 bridgehead atoms. The van der Waals surface area contributed by atoms with Crippen LogP contribution in [-0.4, -0.2) is 66.6 Å². The molecule has 0 spiro atoms. The summed E-state index contributed by atoms with van der Waals surface area (Å²) in [6.07, 6.45) is 0. The van der Waals surface area contributed by atoms with Gasteiger partial charge in [-0.2, -0.15) is 16.8 Å². The molecule has 7 N–H and O–H groups in total. The van der Waals surface area contributed by atoms with Crippen molar-refractivity contribution in [2.75, 3.05) is 6.54 Å². The molecule has 0 radical (unpaired) electrons. The molecule has 1 aromatic heterocycles. The van der Waals surface area contributed by atoms with Crippen molar-refractivity contribution in [3.05, 3.63) is 52.2 Å². The second kappa shape index (κ2) is 10.7. The van der Waals surface area contributed by atoms with Crippen molar-refractivity contribution in [1.29, 1.82) is 0 Å². The van der Waals surface area contributed by atoms with E-state index in [9.17, 15) is 36.0 Å². The summed E-state index contributed by atoms with van der Waals surface area (Å²) in [4.78, 5) is 49.9. The molecule has 1 aliphatic heterocycles. The lowest BCUT2D eigenvalue weighted by molar-refractivity contribution is -0.141. The van der Waals surface area contributed by atoms with E-state index in [0.29, 0.717) is 4.88 Å². The van der Waals surface area contributed by atoms with E-state index in [-0.39, 0.29) is 15.6 Å². The van der Waals surface area contributed by atoms with E-state index in [1.807, 2.05) is 0 Å². The Balaban J connectivity index is 1.87. The van der Waals surface area contributed by atoms with Gasteiger partial charge in [0.05, 0.1) is 6.54 Å². The van der Waals surface area contributed by atoms with Crippen molar-refractivity contribution in [2.45, 2.75) is 18.1 Å². The topological polar surface area (TPSA) is 252 Å². The van der Waals surface area contributed by atoms with Crippen molar-refractivity contribution >= 4 is 55.8 Å². The minimum absolute atomic E-state index is 0.0379. The average molecular weight is 578 g/mol. The van der Waals surface area contributed by atoms with Gasteiger partial charge in [0.1, 0.15) is 23.9 Å². The smallest absolute Gasteiger partial charge is 0.362 e. The summed E-state index contributed by atoms with van der Waals surface area (Å²) in [6.45, 7) is -0.563. The summed E-state index contributed by atoms with van der Waals surface area (Å²) in [5, 5.41) is 8.50. The second-order valence-corrected chi connectivity index (χ2v) is 10.7. The molecule has 5 amide bonds. The zero-order chi connectivity index (χ0) is 27.5. The molecule has 3 atom stereocenters. The lowest BCUT2D eigenvalue weighted by Crippen LogP contribution is -2.66. The monoisotopic (exact) mass is 577 g/mol. The van der Waals surface area contributed by atoms with E-state index in [2.05, 4.69) is 20.1 Å². The number of carbonyl (C=O) groups excluding carboxylic acids is 4. The Morgan fingerprint density at radius 3 is 2.16 bits per heavy atom. The van der Waals surface area contributed by atoms with Crippen LogP contribution in [-0.2, 0) is 35.1 Å². The Hall–Kier alpha value is -3.78. The van der Waals surface area contributed by atoms with Crippen molar-refractivity contribution < 1.29 is 49.3 Å². The maximum atomic E-state index is 13.1. The summed E-state index contributed by atoms with van der Waals surface area (Å²) in [6, 6.07) is 2.33. The molecule has 16 nitrogen and oxygen atoms in total. The standard InChI is InChI=1S/C18H19N5O11S3/c19-18(27)22-14(12-2-1-7-35-12)16(25)21-13(9-3-5-10(6-4-9)34-37(31,32)33)15(24)20-11-8-23(17(11)26)36(28,29)30/h1-7,11,13-14H,8H2,(H,20,24)(H,21,25)(H3,19,22,27)(H,28,29,30)(H,31,32,33). The summed E-state index contributed by atoms with van der Waals surface area (Å²) in [7, 11) is -9.65. The summed E-state index contributed by atoms with van der Waals surface area (Å²) in [5.74, 6) is -3.33. The van der Waals surface area contributed by atoms with Crippen molar-refractivity contribution in [2.24, 2.45) is 5.73 Å². The zero-order valence-electron chi connectivity index (χ0n) is 18.3. The molecular weight excluding hydrogens is 558 g/mol. The molecule has 37 heavy (non-hydrogen) atoms. The van der Waals surface area contributed by atoms with Gasteiger partial charge in [-0.05, 0) is 29.1 Å². The quantitative estimate of drug-likeness (QED) is 0.142. The first-order chi connectivity index (χ1) is 17.2. The number of nitrogens with two attached hydrogens (primary N) is 1. The van der Waals surface area contributed by atoms with Crippen LogP contribution in [0.25, 0.3) is 0 Å². The highest BCUT2D eigenvalue weighted by atomic mass is 32.3. The lowest BCUT2D eigenvalue weighted by Gasteiger charge is -2.36. The van der Waals surface area contributed by atoms with Gasteiger partial charge in [0.25, 0.3) is 5.91 Å². The molecule has 1 saturated heterocycles. The van der Waals surface area contributed by atoms with Gasteiger partial charge < -0.3 is 25.9 Å². The van der Waals surface area contributed by atoms with Crippen LogP contribution in [0.2, 0.25) is 0 Å². The minimum atomic E-state index is -4.84. The molecule has 200 valence electrons. The van der Waals surface area contributed by atoms with Gasteiger partial charge in [0.2, 0.25) is 11.8 Å². The number of urea groups is 1. The SMILES string of the molecule is NC(=O)NC(C(=O)NC(C(=O)NC1CN(S(=O)(=O)O)C1=O)c1ccc(OS(=O)(=O)O)cc1)c1cccs1. The maximum Gasteiger partial charge on any atom is 0.446 e. The summed E-state index contributed by atoms with van der Waals surface area (Å²) >= 11 is 1.11. The normalized spacial score (nSPS) is 17.2. The highest BCUT2D eigenvalue weighted by Gasteiger charge is 2.45. The fraction of sp³-hybridized carbons (Fsp3) is 0.222. The van der Waals surface area contributed by atoms with Crippen LogP contribution in [0.1, 0.15) is 22.5 Å². The first kappa shape index (κ1) is 27.8. The van der Waals surface area contributed by atoms with E-state index in [0.717, 1.165) is 23.5 Å². The van der Waals surface area contributed by atoms with Gasteiger partial charge in [-0.25, -0.2) is 9.10 Å². The van der Waals surface area contributed by atoms with Crippen LogP contribution in [0.5, 0.6) is 5.75 Å². The van der Waals surface area contributed by atoms with Crippen LogP contribution in [0.15, 0.2) is 41.8 Å². The van der Waals surface area contributed by atoms with Crippen LogP contribution in [0, 0.1) is 0 Å². The van der Waals surface area contributed by atoms with Gasteiger partial charge in [-0.3, -0.25) is 23.5 Å². The van der Waals surface area contributed by atoms with Gasteiger partial charge >= 0.3 is 26.7 Å². The molecule has 1 fully saturated rings. The molecule has 2 aromatic rings. The molecular formula is C18H19N5O11S3. The third kappa shape index (κ3) is 7.13. The lowest BCUT2D eigenvalue weighted by atomic mass is 10.0. The Bertz CT molecular complexity index is 1410. The van der Waals surface area contributed by atoms with Crippen molar-refractivity contribution in [3.63, 3.8) is 0 Å². The zero-order valence-corrected chi connectivity index (χ0v) is 20.7. The van der Waals surface area contributed by atoms with Gasteiger partial charge in [0, 0.05) is 4.88 Å². The Morgan fingerprint density at radius 2 is 1.68 bits per heavy atom. The second-order valence-electron chi connectivity index (χ2n) is 7.39. The molecule has 3 rings (SSSR count). The van der Waals surface area contributed by atoms with Crippen LogP contribution >= 0.6 is 11.3 Å². The Labute approximate surface area is 213 Å². The number of carbonyl (C=O) groups is 4. The molecule has 0 saturated carbocycles. The predicted octanol–water partition coefficient (Wildman–Crippen LogP) is -1.37. The van der Waals surface area contributed by atoms with E-state index in [1.165, 1.54) is 18.2 Å². The molecule has 19 heteroatoms. The summed E-state index contributed by atoms with van der Waals surface area (Å²) < 4.78 is 66.3. The molecule has 0 aliphatic carbocycles. The number of hydrogen-bond donors (Lipinski definition) is 6. The van der Waals surface area contributed by atoms with Crippen molar-refractivity contribution in [3.8, 4) is 5.75 Å². The van der Waals surface area contributed by atoms with E-state index in [4.69, 9.17) is 14.8 Å². The van der Waals surface area contributed by atoms with Crippen molar-refractivity contribution in [1.82, 2.24) is 20.3 Å². The van der Waals surface area contributed by atoms with E-state index in [1.54, 1.807) is 11.4 Å². The maximum absolute atomic E-state index is 13.1.